The van der Waals surface area contributed by atoms with Crippen LogP contribution in [0.25, 0.3) is 11.4 Å². The predicted octanol–water partition coefficient (Wildman–Crippen LogP) is 3.61. The molecule has 136 valence electrons. The van der Waals surface area contributed by atoms with E-state index < -0.39 is 0 Å². The predicted molar refractivity (Wildman–Crippen MR) is 97.0 cm³/mol. The smallest absolute Gasteiger partial charge is 0.227 e. The van der Waals surface area contributed by atoms with Crippen molar-refractivity contribution in [2.45, 2.75) is 51.0 Å². The molecule has 3 fully saturated rings. The molecule has 2 bridgehead atoms. The molecule has 1 heterocycles. The van der Waals surface area contributed by atoms with Crippen LogP contribution in [0.5, 0.6) is 0 Å². The Morgan fingerprint density at radius 1 is 1.12 bits per heavy atom. The SMILES string of the molecule is O=C(CCc1nc(-c2ccccc2)no1)N[C@@H]1C[C@H]2C[C@H]1[C@H]1CCC[C@@H]21. The highest BCUT2D eigenvalue weighted by molar-refractivity contribution is 5.76. The molecule has 5 atom stereocenters. The molecule has 5 rings (SSSR count). The molecule has 0 saturated heterocycles. The number of carbonyl (C=O) groups is 1. The Labute approximate surface area is 153 Å². The summed E-state index contributed by atoms with van der Waals surface area (Å²) in [5.74, 6) is 4.67. The summed E-state index contributed by atoms with van der Waals surface area (Å²) in [4.78, 5) is 16.8. The fourth-order valence-corrected chi connectivity index (χ4v) is 5.79. The zero-order valence-electron chi connectivity index (χ0n) is 14.9. The van der Waals surface area contributed by atoms with Crippen molar-refractivity contribution in [1.82, 2.24) is 15.5 Å². The molecule has 2 aromatic rings. The van der Waals surface area contributed by atoms with Gasteiger partial charge in [-0.05, 0) is 49.4 Å². The fourth-order valence-electron chi connectivity index (χ4n) is 5.79. The van der Waals surface area contributed by atoms with E-state index in [4.69, 9.17) is 4.52 Å². The van der Waals surface area contributed by atoms with Gasteiger partial charge in [0, 0.05) is 24.4 Å². The summed E-state index contributed by atoms with van der Waals surface area (Å²) < 4.78 is 5.30. The molecule has 0 unspecified atom stereocenters. The highest BCUT2D eigenvalue weighted by Gasteiger charge is 2.53. The first-order valence-electron chi connectivity index (χ1n) is 9.95. The van der Waals surface area contributed by atoms with Crippen molar-refractivity contribution in [2.75, 3.05) is 0 Å². The molecule has 5 nitrogen and oxygen atoms in total. The molecule has 0 aliphatic heterocycles. The Kier molecular flexibility index (Phi) is 4.03. The Balaban J connectivity index is 1.15. The molecular formula is C21H25N3O2. The number of nitrogens with zero attached hydrogens (tertiary/aromatic N) is 2. The summed E-state index contributed by atoms with van der Waals surface area (Å²) in [5, 5.41) is 7.32. The lowest BCUT2D eigenvalue weighted by Gasteiger charge is -2.32. The topological polar surface area (TPSA) is 68.0 Å². The van der Waals surface area contributed by atoms with Crippen LogP contribution in [0.1, 0.15) is 44.4 Å². The number of hydrogen-bond donors (Lipinski definition) is 1. The number of benzene rings is 1. The van der Waals surface area contributed by atoms with Gasteiger partial charge in [0.2, 0.25) is 17.6 Å². The first kappa shape index (κ1) is 16.0. The van der Waals surface area contributed by atoms with Gasteiger partial charge in [-0.25, -0.2) is 0 Å². The van der Waals surface area contributed by atoms with Crippen molar-refractivity contribution in [2.24, 2.45) is 23.7 Å². The molecule has 3 aliphatic rings. The van der Waals surface area contributed by atoms with Crippen LogP contribution >= 0.6 is 0 Å². The molecule has 3 saturated carbocycles. The number of carbonyl (C=O) groups excluding carboxylic acids is 1. The van der Waals surface area contributed by atoms with Crippen molar-refractivity contribution in [1.29, 1.82) is 0 Å². The standard InChI is InChI=1S/C21H25N3O2/c25-19(22-18-12-14-11-17(18)16-8-4-7-15(14)16)9-10-20-23-21(24-26-20)13-5-2-1-3-6-13/h1-3,5-6,14-18H,4,7-12H2,(H,22,25)/t14-,15+,16+,17+,18-/m1/s1. The normalized spacial score (nSPS) is 31.9. The number of nitrogens with one attached hydrogen (secondary N) is 1. The van der Waals surface area contributed by atoms with Gasteiger partial charge in [0.1, 0.15) is 0 Å². The quantitative estimate of drug-likeness (QED) is 0.893. The Hall–Kier alpha value is -2.17. The second kappa shape index (κ2) is 6.53. The van der Waals surface area contributed by atoms with E-state index in [1.807, 2.05) is 30.3 Å². The monoisotopic (exact) mass is 351 g/mol. The average molecular weight is 351 g/mol. The summed E-state index contributed by atoms with van der Waals surface area (Å²) in [6, 6.07) is 10.2. The zero-order chi connectivity index (χ0) is 17.5. The number of hydrogen-bond acceptors (Lipinski definition) is 4. The highest BCUT2D eigenvalue weighted by Crippen LogP contribution is 2.58. The van der Waals surface area contributed by atoms with E-state index in [1.54, 1.807) is 0 Å². The van der Waals surface area contributed by atoms with Gasteiger partial charge >= 0.3 is 0 Å². The third kappa shape index (κ3) is 2.83. The summed E-state index contributed by atoms with van der Waals surface area (Å²) in [5.41, 5.74) is 0.931. The van der Waals surface area contributed by atoms with Gasteiger partial charge in [0.15, 0.2) is 0 Å². The minimum absolute atomic E-state index is 0.122. The molecule has 1 amide bonds. The van der Waals surface area contributed by atoms with Crippen LogP contribution in [0.3, 0.4) is 0 Å². The molecule has 1 N–H and O–H groups in total. The third-order valence-electron chi connectivity index (χ3n) is 6.84. The summed E-state index contributed by atoms with van der Waals surface area (Å²) in [6.07, 6.45) is 7.64. The maximum absolute atomic E-state index is 12.4. The molecule has 5 heteroatoms. The van der Waals surface area contributed by atoms with E-state index in [9.17, 15) is 4.79 Å². The van der Waals surface area contributed by atoms with Crippen molar-refractivity contribution in [3.8, 4) is 11.4 Å². The maximum atomic E-state index is 12.4. The van der Waals surface area contributed by atoms with E-state index in [2.05, 4.69) is 15.5 Å². The van der Waals surface area contributed by atoms with Gasteiger partial charge in [-0.2, -0.15) is 4.98 Å². The van der Waals surface area contributed by atoms with Crippen LogP contribution in [0, 0.1) is 23.7 Å². The number of amides is 1. The van der Waals surface area contributed by atoms with E-state index in [-0.39, 0.29) is 5.91 Å². The Morgan fingerprint density at radius 3 is 2.85 bits per heavy atom. The van der Waals surface area contributed by atoms with Crippen molar-refractivity contribution >= 4 is 5.91 Å². The summed E-state index contributed by atoms with van der Waals surface area (Å²) in [7, 11) is 0. The Morgan fingerprint density at radius 2 is 1.96 bits per heavy atom. The van der Waals surface area contributed by atoms with E-state index in [0.29, 0.717) is 30.6 Å². The molecule has 0 radical (unpaired) electrons. The van der Waals surface area contributed by atoms with Crippen molar-refractivity contribution in [3.63, 3.8) is 0 Å². The van der Waals surface area contributed by atoms with Gasteiger partial charge in [-0.1, -0.05) is 41.9 Å². The van der Waals surface area contributed by atoms with E-state index in [0.717, 1.165) is 29.2 Å². The van der Waals surface area contributed by atoms with Crippen LogP contribution in [0.15, 0.2) is 34.9 Å². The second-order valence-corrected chi connectivity index (χ2v) is 8.21. The van der Waals surface area contributed by atoms with Crippen molar-refractivity contribution < 1.29 is 9.32 Å². The van der Waals surface area contributed by atoms with E-state index in [1.165, 1.54) is 32.1 Å². The molecule has 3 aliphatic carbocycles. The van der Waals surface area contributed by atoms with Crippen molar-refractivity contribution in [3.05, 3.63) is 36.2 Å². The van der Waals surface area contributed by atoms with Crippen LogP contribution < -0.4 is 5.32 Å². The third-order valence-corrected chi connectivity index (χ3v) is 6.84. The van der Waals surface area contributed by atoms with Gasteiger partial charge < -0.3 is 9.84 Å². The number of rotatable bonds is 5. The molecule has 0 spiro atoms. The van der Waals surface area contributed by atoms with Crippen LogP contribution in [0.2, 0.25) is 0 Å². The molecule has 1 aromatic heterocycles. The maximum Gasteiger partial charge on any atom is 0.227 e. The largest absolute Gasteiger partial charge is 0.353 e. The van der Waals surface area contributed by atoms with E-state index >= 15 is 0 Å². The lowest BCUT2D eigenvalue weighted by Crippen LogP contribution is -2.42. The van der Waals surface area contributed by atoms with Crippen LogP contribution in [0.4, 0.5) is 0 Å². The number of aryl methyl sites for hydroxylation is 1. The molecular weight excluding hydrogens is 326 g/mol. The van der Waals surface area contributed by atoms with Gasteiger partial charge in [-0.3, -0.25) is 4.79 Å². The first-order valence-corrected chi connectivity index (χ1v) is 9.95. The van der Waals surface area contributed by atoms with Crippen LogP contribution in [-0.2, 0) is 11.2 Å². The average Bonchev–Trinajstić information content (AvgIpc) is 3.42. The van der Waals surface area contributed by atoms with Gasteiger partial charge in [-0.15, -0.1) is 0 Å². The molecule has 1 aromatic carbocycles. The van der Waals surface area contributed by atoms with Crippen LogP contribution in [-0.4, -0.2) is 22.1 Å². The lowest BCUT2D eigenvalue weighted by molar-refractivity contribution is -0.122. The highest BCUT2D eigenvalue weighted by atomic mass is 16.5. The zero-order valence-corrected chi connectivity index (χ0v) is 14.9. The second-order valence-electron chi connectivity index (χ2n) is 8.21. The number of fused-ring (bicyclic) bond motifs is 5. The molecule has 26 heavy (non-hydrogen) atoms. The summed E-state index contributed by atoms with van der Waals surface area (Å²) in [6.45, 7) is 0. The minimum atomic E-state index is 0.122. The minimum Gasteiger partial charge on any atom is -0.353 e. The number of aromatic nitrogens is 2. The van der Waals surface area contributed by atoms with Gasteiger partial charge in [0.25, 0.3) is 0 Å². The van der Waals surface area contributed by atoms with Gasteiger partial charge in [0.05, 0.1) is 0 Å². The first-order chi connectivity index (χ1) is 12.8. The fraction of sp³-hybridized carbons (Fsp3) is 0.571. The Bertz CT molecular complexity index is 788. The lowest BCUT2D eigenvalue weighted by atomic mass is 9.79. The summed E-state index contributed by atoms with van der Waals surface area (Å²) >= 11 is 0.